The van der Waals surface area contributed by atoms with Crippen molar-refractivity contribution in [3.63, 3.8) is 0 Å². The molecule has 1 aliphatic rings. The normalized spacial score (nSPS) is 18.6. The minimum atomic E-state index is -0.721. The fourth-order valence-electron chi connectivity index (χ4n) is 2.74. The molecule has 0 radical (unpaired) electrons. The zero-order valence-corrected chi connectivity index (χ0v) is 10.2. The summed E-state index contributed by atoms with van der Waals surface area (Å²) in [7, 11) is 0. The monoisotopic (exact) mass is 253 g/mol. The van der Waals surface area contributed by atoms with Crippen LogP contribution in [-0.2, 0) is 0 Å². The highest BCUT2D eigenvalue weighted by Gasteiger charge is 2.38. The van der Waals surface area contributed by atoms with Crippen molar-refractivity contribution in [1.82, 2.24) is 0 Å². The van der Waals surface area contributed by atoms with Crippen molar-refractivity contribution >= 4 is 5.78 Å². The van der Waals surface area contributed by atoms with Crippen molar-refractivity contribution in [2.75, 3.05) is 6.54 Å². The summed E-state index contributed by atoms with van der Waals surface area (Å²) in [6.07, 6.45) is 4.40. The summed E-state index contributed by atoms with van der Waals surface area (Å²) in [6.45, 7) is 0.240. The number of rotatable bonds is 3. The van der Waals surface area contributed by atoms with Crippen molar-refractivity contribution in [2.45, 2.75) is 32.1 Å². The first-order valence-electron chi connectivity index (χ1n) is 6.28. The third kappa shape index (κ3) is 2.43. The van der Waals surface area contributed by atoms with E-state index in [-0.39, 0.29) is 17.9 Å². The predicted octanol–water partition coefficient (Wildman–Crippen LogP) is 3.06. The molecule has 0 saturated heterocycles. The molecule has 0 unspecified atom stereocenters. The number of ketones is 1. The second-order valence-electron chi connectivity index (χ2n) is 5.03. The molecule has 2 rings (SSSR count). The summed E-state index contributed by atoms with van der Waals surface area (Å²) in [6, 6.07) is 2.96. The molecule has 2 N–H and O–H groups in total. The lowest BCUT2D eigenvalue weighted by molar-refractivity contribution is 0.0728. The minimum absolute atomic E-state index is 0.0971. The Morgan fingerprint density at radius 1 is 1.11 bits per heavy atom. The van der Waals surface area contributed by atoms with E-state index < -0.39 is 17.0 Å². The van der Waals surface area contributed by atoms with Crippen LogP contribution >= 0.6 is 0 Å². The van der Waals surface area contributed by atoms with Crippen LogP contribution in [0.4, 0.5) is 8.78 Å². The quantitative estimate of drug-likeness (QED) is 0.841. The van der Waals surface area contributed by atoms with Gasteiger partial charge in [0.15, 0.2) is 5.78 Å². The smallest absolute Gasteiger partial charge is 0.170 e. The molecule has 0 spiro atoms. The molecule has 1 aliphatic carbocycles. The summed E-state index contributed by atoms with van der Waals surface area (Å²) in [4.78, 5) is 12.4. The van der Waals surface area contributed by atoms with Gasteiger partial charge in [-0.2, -0.15) is 0 Å². The fourth-order valence-corrected chi connectivity index (χ4v) is 2.74. The van der Waals surface area contributed by atoms with Crippen molar-refractivity contribution in [3.05, 3.63) is 35.4 Å². The average molecular weight is 253 g/mol. The third-order valence-corrected chi connectivity index (χ3v) is 3.81. The second kappa shape index (κ2) is 5.14. The maximum Gasteiger partial charge on any atom is 0.170 e. The summed E-state index contributed by atoms with van der Waals surface area (Å²) in [5.74, 6) is -1.66. The van der Waals surface area contributed by atoms with Gasteiger partial charge < -0.3 is 5.73 Å². The van der Waals surface area contributed by atoms with Crippen LogP contribution in [0, 0.1) is 17.0 Å². The van der Waals surface area contributed by atoms with E-state index in [1.807, 2.05) is 0 Å². The standard InChI is InChI=1S/C14H17F2NO/c15-11-6-10(7-12(16)8-11)13(18)14(9-17)4-2-1-3-5-14/h6-8H,1-5,9,17H2. The molecule has 1 saturated carbocycles. The molecular formula is C14H17F2NO. The number of benzene rings is 1. The first-order chi connectivity index (χ1) is 8.57. The van der Waals surface area contributed by atoms with Crippen LogP contribution in [-0.4, -0.2) is 12.3 Å². The zero-order valence-electron chi connectivity index (χ0n) is 10.2. The molecule has 0 aromatic heterocycles. The highest BCUT2D eigenvalue weighted by Crippen LogP contribution is 2.38. The third-order valence-electron chi connectivity index (χ3n) is 3.81. The second-order valence-corrected chi connectivity index (χ2v) is 5.03. The number of carbonyl (C=O) groups excluding carboxylic acids is 1. The largest absolute Gasteiger partial charge is 0.329 e. The van der Waals surface area contributed by atoms with Crippen molar-refractivity contribution in [2.24, 2.45) is 11.1 Å². The summed E-state index contributed by atoms with van der Waals surface area (Å²) >= 11 is 0. The van der Waals surface area contributed by atoms with Crippen LogP contribution < -0.4 is 5.73 Å². The van der Waals surface area contributed by atoms with E-state index in [1.54, 1.807) is 0 Å². The Morgan fingerprint density at radius 3 is 2.17 bits per heavy atom. The Balaban J connectivity index is 2.33. The zero-order chi connectivity index (χ0) is 13.2. The maximum atomic E-state index is 13.2. The molecule has 0 aliphatic heterocycles. The highest BCUT2D eigenvalue weighted by atomic mass is 19.1. The van der Waals surface area contributed by atoms with E-state index in [0.717, 1.165) is 37.5 Å². The Labute approximate surface area is 105 Å². The molecule has 0 heterocycles. The van der Waals surface area contributed by atoms with Crippen LogP contribution in [0.1, 0.15) is 42.5 Å². The number of nitrogens with two attached hydrogens (primary N) is 1. The van der Waals surface area contributed by atoms with E-state index in [9.17, 15) is 13.6 Å². The van der Waals surface area contributed by atoms with Gasteiger partial charge in [0.05, 0.1) is 0 Å². The lowest BCUT2D eigenvalue weighted by Crippen LogP contribution is -2.40. The topological polar surface area (TPSA) is 43.1 Å². The molecule has 1 fully saturated rings. The van der Waals surface area contributed by atoms with E-state index in [0.29, 0.717) is 12.8 Å². The highest BCUT2D eigenvalue weighted by molar-refractivity contribution is 6.00. The van der Waals surface area contributed by atoms with E-state index in [2.05, 4.69) is 0 Å². The van der Waals surface area contributed by atoms with Crippen LogP contribution in [0.3, 0.4) is 0 Å². The van der Waals surface area contributed by atoms with Crippen LogP contribution in [0.15, 0.2) is 18.2 Å². The lowest BCUT2D eigenvalue weighted by atomic mass is 9.69. The number of halogens is 2. The SMILES string of the molecule is NCC1(C(=O)c2cc(F)cc(F)c2)CCCCC1. The molecular weight excluding hydrogens is 236 g/mol. The van der Waals surface area contributed by atoms with Gasteiger partial charge in [0.2, 0.25) is 0 Å². The summed E-state index contributed by atoms with van der Waals surface area (Å²) < 4.78 is 26.3. The van der Waals surface area contributed by atoms with Crippen molar-refractivity contribution in [3.8, 4) is 0 Å². The van der Waals surface area contributed by atoms with Gasteiger partial charge in [-0.05, 0) is 25.0 Å². The van der Waals surface area contributed by atoms with Gasteiger partial charge in [-0.25, -0.2) is 8.78 Å². The van der Waals surface area contributed by atoms with Gasteiger partial charge >= 0.3 is 0 Å². The maximum absolute atomic E-state index is 13.2. The number of hydrogen-bond donors (Lipinski definition) is 1. The fraction of sp³-hybridized carbons (Fsp3) is 0.500. The predicted molar refractivity (Wildman–Crippen MR) is 65.3 cm³/mol. The molecule has 98 valence electrons. The number of hydrogen-bond acceptors (Lipinski definition) is 2. The lowest BCUT2D eigenvalue weighted by Gasteiger charge is -2.34. The molecule has 1 aromatic rings. The Kier molecular flexibility index (Phi) is 3.76. The molecule has 0 atom stereocenters. The average Bonchev–Trinajstić information content (AvgIpc) is 2.37. The summed E-state index contributed by atoms with van der Waals surface area (Å²) in [5, 5.41) is 0. The molecule has 0 bridgehead atoms. The van der Waals surface area contributed by atoms with Gasteiger partial charge in [-0.15, -0.1) is 0 Å². The van der Waals surface area contributed by atoms with Crippen molar-refractivity contribution < 1.29 is 13.6 Å². The van der Waals surface area contributed by atoms with Crippen LogP contribution in [0.2, 0.25) is 0 Å². The molecule has 1 aromatic carbocycles. The minimum Gasteiger partial charge on any atom is -0.329 e. The molecule has 18 heavy (non-hydrogen) atoms. The molecule has 0 amide bonds. The van der Waals surface area contributed by atoms with E-state index >= 15 is 0 Å². The van der Waals surface area contributed by atoms with Gasteiger partial charge in [0.25, 0.3) is 0 Å². The van der Waals surface area contributed by atoms with Crippen molar-refractivity contribution in [1.29, 1.82) is 0 Å². The Hall–Kier alpha value is -1.29. The molecule has 4 heteroatoms. The number of Topliss-reactive ketones (excluding diaryl/α,β-unsaturated/α-hetero) is 1. The summed E-state index contributed by atoms with van der Waals surface area (Å²) in [5.41, 5.74) is 5.21. The first kappa shape index (κ1) is 13.1. The van der Waals surface area contributed by atoms with Gasteiger partial charge in [0, 0.05) is 23.6 Å². The Bertz CT molecular complexity index is 433. The molecule has 2 nitrogen and oxygen atoms in total. The van der Waals surface area contributed by atoms with Gasteiger partial charge in [-0.1, -0.05) is 19.3 Å². The number of carbonyl (C=O) groups is 1. The van der Waals surface area contributed by atoms with Crippen LogP contribution in [0.5, 0.6) is 0 Å². The first-order valence-corrected chi connectivity index (χ1v) is 6.28. The van der Waals surface area contributed by atoms with E-state index in [4.69, 9.17) is 5.73 Å². The van der Waals surface area contributed by atoms with E-state index in [1.165, 1.54) is 0 Å². The van der Waals surface area contributed by atoms with Crippen LogP contribution in [0.25, 0.3) is 0 Å². The Morgan fingerprint density at radius 2 is 1.67 bits per heavy atom. The van der Waals surface area contributed by atoms with Gasteiger partial charge in [-0.3, -0.25) is 4.79 Å². The van der Waals surface area contributed by atoms with Gasteiger partial charge in [0.1, 0.15) is 11.6 Å².